The predicted molar refractivity (Wildman–Crippen MR) is 84.0 cm³/mol. The van der Waals surface area contributed by atoms with Crippen LogP contribution in [0.25, 0.3) is 10.9 Å². The van der Waals surface area contributed by atoms with E-state index in [0.717, 1.165) is 29.9 Å². The molecule has 1 aromatic carbocycles. The van der Waals surface area contributed by atoms with Crippen molar-refractivity contribution in [2.24, 2.45) is 0 Å². The van der Waals surface area contributed by atoms with Gasteiger partial charge in [0.25, 0.3) is 0 Å². The molecule has 1 atom stereocenters. The fourth-order valence-corrected chi connectivity index (χ4v) is 2.96. The molecule has 1 N–H and O–H groups in total. The minimum atomic E-state index is 0.236. The van der Waals surface area contributed by atoms with Gasteiger partial charge < -0.3 is 5.32 Å². The summed E-state index contributed by atoms with van der Waals surface area (Å²) in [6, 6.07) is 12.7. The number of fused-ring (bicyclic) bond motifs is 1. The molecule has 0 aliphatic rings. The second-order valence-corrected chi connectivity index (χ2v) is 5.44. The number of pyridine rings is 1. The lowest BCUT2D eigenvalue weighted by molar-refractivity contribution is 0.534. The summed E-state index contributed by atoms with van der Waals surface area (Å²) in [6.07, 6.45) is 0.863. The zero-order valence-corrected chi connectivity index (χ0v) is 12.2. The molecule has 3 rings (SSSR count). The number of para-hydroxylation sites is 1. The van der Waals surface area contributed by atoms with Crippen molar-refractivity contribution >= 4 is 22.2 Å². The molecule has 0 saturated carbocycles. The number of aromatic nitrogens is 2. The molecule has 0 aliphatic heterocycles. The van der Waals surface area contributed by atoms with E-state index in [4.69, 9.17) is 4.98 Å². The summed E-state index contributed by atoms with van der Waals surface area (Å²) in [7, 11) is 0. The Bertz CT molecular complexity index is 679. The standard InChI is InChI=1S/C16H17N3S/c1-2-17-15(16-10-20-11-18-16)9-13-8-7-12-5-3-4-6-14(12)19-13/h3-8,10-11,15,17H,2,9H2,1H3. The van der Waals surface area contributed by atoms with Crippen molar-refractivity contribution in [2.45, 2.75) is 19.4 Å². The van der Waals surface area contributed by atoms with Gasteiger partial charge in [-0.2, -0.15) is 0 Å². The third kappa shape index (κ3) is 2.86. The number of nitrogens with one attached hydrogen (secondary N) is 1. The van der Waals surface area contributed by atoms with Crippen LogP contribution in [0.2, 0.25) is 0 Å². The van der Waals surface area contributed by atoms with Gasteiger partial charge in [-0.25, -0.2) is 4.98 Å². The van der Waals surface area contributed by atoms with Gasteiger partial charge in [0.15, 0.2) is 0 Å². The van der Waals surface area contributed by atoms with Crippen molar-refractivity contribution in [1.29, 1.82) is 0 Å². The Morgan fingerprint density at radius 2 is 2.10 bits per heavy atom. The first-order valence-electron chi connectivity index (χ1n) is 6.83. The molecule has 1 unspecified atom stereocenters. The van der Waals surface area contributed by atoms with Crippen molar-refractivity contribution < 1.29 is 0 Å². The number of hydrogen-bond acceptors (Lipinski definition) is 4. The monoisotopic (exact) mass is 283 g/mol. The van der Waals surface area contributed by atoms with Crippen LogP contribution in [0.4, 0.5) is 0 Å². The van der Waals surface area contributed by atoms with Crippen molar-refractivity contribution in [3.63, 3.8) is 0 Å². The number of nitrogens with zero attached hydrogens (tertiary/aromatic N) is 2. The minimum absolute atomic E-state index is 0.236. The second-order valence-electron chi connectivity index (χ2n) is 4.72. The van der Waals surface area contributed by atoms with Gasteiger partial charge in [-0.05, 0) is 18.7 Å². The van der Waals surface area contributed by atoms with Crippen molar-refractivity contribution in [2.75, 3.05) is 6.54 Å². The largest absolute Gasteiger partial charge is 0.309 e. The lowest BCUT2D eigenvalue weighted by Gasteiger charge is -2.15. The summed E-state index contributed by atoms with van der Waals surface area (Å²) in [6.45, 7) is 3.04. The van der Waals surface area contributed by atoms with E-state index >= 15 is 0 Å². The van der Waals surface area contributed by atoms with Crippen LogP contribution < -0.4 is 5.32 Å². The van der Waals surface area contributed by atoms with E-state index in [1.807, 2.05) is 17.6 Å². The molecule has 0 amide bonds. The van der Waals surface area contributed by atoms with Gasteiger partial charge in [-0.15, -0.1) is 11.3 Å². The Labute approximate surface area is 122 Å². The zero-order chi connectivity index (χ0) is 13.8. The van der Waals surface area contributed by atoms with Gasteiger partial charge in [0.2, 0.25) is 0 Å². The molecule has 2 heterocycles. The molecular weight excluding hydrogens is 266 g/mol. The Balaban J connectivity index is 1.86. The van der Waals surface area contributed by atoms with Gasteiger partial charge >= 0.3 is 0 Å². The molecule has 20 heavy (non-hydrogen) atoms. The van der Waals surface area contributed by atoms with E-state index in [1.54, 1.807) is 11.3 Å². The number of benzene rings is 1. The molecule has 4 heteroatoms. The molecule has 0 aliphatic carbocycles. The highest BCUT2D eigenvalue weighted by Gasteiger charge is 2.14. The van der Waals surface area contributed by atoms with Gasteiger partial charge in [0, 0.05) is 22.9 Å². The van der Waals surface area contributed by atoms with E-state index in [-0.39, 0.29) is 6.04 Å². The summed E-state index contributed by atoms with van der Waals surface area (Å²) in [5, 5.41) is 6.78. The number of rotatable bonds is 5. The van der Waals surface area contributed by atoms with Crippen molar-refractivity contribution in [3.8, 4) is 0 Å². The first-order chi connectivity index (χ1) is 9.86. The molecule has 0 saturated heterocycles. The lowest BCUT2D eigenvalue weighted by Crippen LogP contribution is -2.23. The van der Waals surface area contributed by atoms with Gasteiger partial charge in [0.1, 0.15) is 0 Å². The van der Waals surface area contributed by atoms with Crippen LogP contribution in [0.1, 0.15) is 24.4 Å². The molecule has 0 radical (unpaired) electrons. The smallest absolute Gasteiger partial charge is 0.0795 e. The van der Waals surface area contributed by atoms with Crippen LogP contribution in [0, 0.1) is 0 Å². The highest BCUT2D eigenvalue weighted by molar-refractivity contribution is 7.07. The van der Waals surface area contributed by atoms with Crippen LogP contribution in [0.15, 0.2) is 47.3 Å². The SMILES string of the molecule is CCNC(Cc1ccc2ccccc2n1)c1cscn1. The summed E-state index contributed by atoms with van der Waals surface area (Å²) in [4.78, 5) is 9.16. The summed E-state index contributed by atoms with van der Waals surface area (Å²) in [5.41, 5.74) is 5.14. The number of hydrogen-bond donors (Lipinski definition) is 1. The van der Waals surface area contributed by atoms with E-state index < -0.39 is 0 Å². The average molecular weight is 283 g/mol. The van der Waals surface area contributed by atoms with E-state index in [9.17, 15) is 0 Å². The number of thiazole rings is 1. The normalized spacial score (nSPS) is 12.7. The summed E-state index contributed by atoms with van der Waals surface area (Å²) < 4.78 is 0. The van der Waals surface area contributed by atoms with Crippen LogP contribution in [-0.4, -0.2) is 16.5 Å². The maximum absolute atomic E-state index is 4.74. The molecule has 0 bridgehead atoms. The van der Waals surface area contributed by atoms with Crippen LogP contribution in [0.3, 0.4) is 0 Å². The van der Waals surface area contributed by atoms with E-state index in [1.165, 1.54) is 5.39 Å². The molecule has 3 nitrogen and oxygen atoms in total. The van der Waals surface area contributed by atoms with Crippen molar-refractivity contribution in [1.82, 2.24) is 15.3 Å². The molecule has 2 aromatic heterocycles. The summed E-state index contributed by atoms with van der Waals surface area (Å²) >= 11 is 1.64. The van der Waals surface area contributed by atoms with E-state index in [0.29, 0.717) is 0 Å². The second kappa shape index (κ2) is 6.11. The van der Waals surface area contributed by atoms with Gasteiger partial charge in [-0.1, -0.05) is 31.2 Å². The predicted octanol–water partition coefficient (Wildman–Crippen LogP) is 3.58. The van der Waals surface area contributed by atoms with Gasteiger partial charge in [0.05, 0.1) is 22.8 Å². The lowest BCUT2D eigenvalue weighted by atomic mass is 10.1. The summed E-state index contributed by atoms with van der Waals surface area (Å²) in [5.74, 6) is 0. The van der Waals surface area contributed by atoms with Crippen molar-refractivity contribution in [3.05, 3.63) is 58.7 Å². The maximum Gasteiger partial charge on any atom is 0.0795 e. The first kappa shape index (κ1) is 13.2. The highest BCUT2D eigenvalue weighted by Crippen LogP contribution is 2.19. The minimum Gasteiger partial charge on any atom is -0.309 e. The maximum atomic E-state index is 4.74. The Hall–Kier alpha value is -1.78. The van der Waals surface area contributed by atoms with Crippen LogP contribution >= 0.6 is 11.3 Å². The molecule has 0 fully saturated rings. The molecule has 102 valence electrons. The number of likely N-dealkylation sites (N-methyl/N-ethyl adjacent to an activating group) is 1. The highest BCUT2D eigenvalue weighted by atomic mass is 32.1. The fraction of sp³-hybridized carbons (Fsp3) is 0.250. The third-order valence-corrected chi connectivity index (χ3v) is 3.93. The quantitative estimate of drug-likeness (QED) is 0.777. The van der Waals surface area contributed by atoms with Crippen LogP contribution in [-0.2, 0) is 6.42 Å². The fourth-order valence-electron chi connectivity index (χ4n) is 2.35. The Morgan fingerprint density at radius 3 is 2.90 bits per heavy atom. The average Bonchev–Trinajstić information content (AvgIpc) is 3.01. The third-order valence-electron chi connectivity index (χ3n) is 3.33. The molecule has 3 aromatic rings. The zero-order valence-electron chi connectivity index (χ0n) is 11.4. The Kier molecular flexibility index (Phi) is 4.04. The van der Waals surface area contributed by atoms with Crippen LogP contribution in [0.5, 0.6) is 0 Å². The van der Waals surface area contributed by atoms with E-state index in [2.05, 4.69) is 46.9 Å². The molecular formula is C16H17N3S. The van der Waals surface area contributed by atoms with Gasteiger partial charge in [-0.3, -0.25) is 4.98 Å². The first-order valence-corrected chi connectivity index (χ1v) is 7.77. The molecule has 0 spiro atoms. The Morgan fingerprint density at radius 1 is 1.20 bits per heavy atom. The topological polar surface area (TPSA) is 37.8 Å².